The lowest BCUT2D eigenvalue weighted by Gasteiger charge is -2.43. The Balaban J connectivity index is 1.53. The van der Waals surface area contributed by atoms with E-state index in [0.717, 1.165) is 35.3 Å². The van der Waals surface area contributed by atoms with Crippen LogP contribution in [0.3, 0.4) is 0 Å². The Morgan fingerprint density at radius 2 is 1.57 bits per heavy atom. The summed E-state index contributed by atoms with van der Waals surface area (Å²) in [7, 11) is 0. The van der Waals surface area contributed by atoms with Crippen LogP contribution < -0.4 is 5.32 Å². The third kappa shape index (κ3) is 3.66. The Morgan fingerprint density at radius 1 is 0.905 bits per heavy atom. The Kier molecular flexibility index (Phi) is 4.98. The number of rotatable bonds is 3. The molecule has 0 amide bonds. The zero-order valence-corrected chi connectivity index (χ0v) is 14.7. The van der Waals surface area contributed by atoms with Gasteiger partial charge in [-0.3, -0.25) is 0 Å². The molecule has 1 heteroatoms. The lowest BCUT2D eigenvalue weighted by Crippen LogP contribution is -2.49. The maximum atomic E-state index is 4.13. The number of nitrogens with one attached hydrogen (secondary N) is 1. The minimum absolute atomic E-state index is 0.787. The summed E-state index contributed by atoms with van der Waals surface area (Å²) in [6.45, 7) is 7.33. The van der Waals surface area contributed by atoms with Crippen molar-refractivity contribution in [2.45, 2.75) is 103 Å². The molecule has 1 N–H and O–H groups in total. The van der Waals surface area contributed by atoms with Crippen LogP contribution in [0.5, 0.6) is 0 Å². The van der Waals surface area contributed by atoms with Gasteiger partial charge in [0.25, 0.3) is 0 Å². The molecule has 3 aliphatic rings. The van der Waals surface area contributed by atoms with E-state index in [1.807, 2.05) is 0 Å². The van der Waals surface area contributed by atoms with E-state index >= 15 is 0 Å². The summed E-state index contributed by atoms with van der Waals surface area (Å²) in [4.78, 5) is 0. The third-order valence-corrected chi connectivity index (χ3v) is 7.18. The summed E-state index contributed by atoms with van der Waals surface area (Å²) in [5.74, 6) is 2.70. The van der Waals surface area contributed by atoms with Crippen LogP contribution in [-0.4, -0.2) is 12.1 Å². The van der Waals surface area contributed by atoms with E-state index in [0.29, 0.717) is 0 Å². The van der Waals surface area contributed by atoms with E-state index in [2.05, 4.69) is 26.1 Å². The monoisotopic (exact) mass is 291 g/mol. The molecule has 122 valence electrons. The van der Waals surface area contributed by atoms with Crippen molar-refractivity contribution in [3.05, 3.63) is 0 Å². The van der Waals surface area contributed by atoms with Crippen LogP contribution in [0.4, 0.5) is 0 Å². The van der Waals surface area contributed by atoms with Gasteiger partial charge in [0.2, 0.25) is 0 Å². The number of hydrogen-bond acceptors (Lipinski definition) is 1. The quantitative estimate of drug-likeness (QED) is 0.720. The lowest BCUT2D eigenvalue weighted by atomic mass is 9.70. The highest BCUT2D eigenvalue weighted by Gasteiger charge is 2.39. The summed E-state index contributed by atoms with van der Waals surface area (Å²) in [5.41, 5.74) is 0.787. The maximum absolute atomic E-state index is 4.13. The molecule has 3 fully saturated rings. The molecular formula is C20H37N. The predicted octanol–water partition coefficient (Wildman–Crippen LogP) is 5.54. The molecule has 0 heterocycles. The standard InChI is InChI=1S/C20H37N/c1-15(2)18-7-6-16(3)14-19(18)21-17-8-12-20(13-9-17)10-4-5-11-20/h15-19,21H,4-14H2,1-3H3. The molecule has 1 spiro atoms. The largest absolute Gasteiger partial charge is 0.311 e. The summed E-state index contributed by atoms with van der Waals surface area (Å²) in [6.07, 6.45) is 16.3. The minimum atomic E-state index is 0.787. The Bertz CT molecular complexity index is 319. The van der Waals surface area contributed by atoms with E-state index in [9.17, 15) is 0 Å². The fraction of sp³-hybridized carbons (Fsp3) is 1.00. The molecule has 0 saturated heterocycles. The fourth-order valence-electron chi connectivity index (χ4n) is 5.72. The molecule has 0 aromatic rings. The molecule has 21 heavy (non-hydrogen) atoms. The van der Waals surface area contributed by atoms with Crippen molar-refractivity contribution in [2.75, 3.05) is 0 Å². The van der Waals surface area contributed by atoms with Crippen molar-refractivity contribution in [3.63, 3.8) is 0 Å². The second-order valence-electron chi connectivity index (χ2n) is 9.08. The molecule has 3 unspecified atom stereocenters. The highest BCUT2D eigenvalue weighted by atomic mass is 15.0. The first-order valence-electron chi connectivity index (χ1n) is 9.84. The Hall–Kier alpha value is -0.0400. The van der Waals surface area contributed by atoms with E-state index in [4.69, 9.17) is 0 Å². The van der Waals surface area contributed by atoms with Gasteiger partial charge >= 0.3 is 0 Å². The van der Waals surface area contributed by atoms with E-state index in [1.54, 1.807) is 0 Å². The summed E-state index contributed by atoms with van der Waals surface area (Å²) in [5, 5.41) is 4.13. The second-order valence-corrected chi connectivity index (χ2v) is 9.08. The molecule has 0 aromatic heterocycles. The smallest absolute Gasteiger partial charge is 0.0103 e. The summed E-state index contributed by atoms with van der Waals surface area (Å²) >= 11 is 0. The predicted molar refractivity (Wildman–Crippen MR) is 91.4 cm³/mol. The van der Waals surface area contributed by atoms with Crippen LogP contribution in [0.1, 0.15) is 91.4 Å². The average Bonchev–Trinajstić information content (AvgIpc) is 2.90. The normalized spacial score (nSPS) is 37.4. The van der Waals surface area contributed by atoms with Crippen LogP contribution >= 0.6 is 0 Å². The summed E-state index contributed by atoms with van der Waals surface area (Å²) < 4.78 is 0. The first kappa shape index (κ1) is 15.8. The van der Waals surface area contributed by atoms with E-state index in [1.165, 1.54) is 70.6 Å². The molecule has 3 rings (SSSR count). The van der Waals surface area contributed by atoms with Crippen LogP contribution in [0.2, 0.25) is 0 Å². The lowest BCUT2D eigenvalue weighted by molar-refractivity contribution is 0.120. The van der Waals surface area contributed by atoms with Crippen molar-refractivity contribution in [2.24, 2.45) is 23.2 Å². The van der Waals surface area contributed by atoms with E-state index < -0.39 is 0 Å². The van der Waals surface area contributed by atoms with Crippen molar-refractivity contribution in [3.8, 4) is 0 Å². The fourth-order valence-corrected chi connectivity index (χ4v) is 5.72. The average molecular weight is 292 g/mol. The van der Waals surface area contributed by atoms with Gasteiger partial charge < -0.3 is 5.32 Å². The van der Waals surface area contributed by atoms with Crippen LogP contribution in [0.15, 0.2) is 0 Å². The van der Waals surface area contributed by atoms with Crippen molar-refractivity contribution in [1.29, 1.82) is 0 Å². The first-order valence-corrected chi connectivity index (χ1v) is 9.84. The Labute approximate surface area is 132 Å². The molecule has 1 nitrogen and oxygen atoms in total. The highest BCUT2D eigenvalue weighted by Crippen LogP contribution is 2.49. The van der Waals surface area contributed by atoms with Gasteiger partial charge in [0.05, 0.1) is 0 Å². The van der Waals surface area contributed by atoms with Crippen LogP contribution in [0, 0.1) is 23.2 Å². The van der Waals surface area contributed by atoms with Gasteiger partial charge in [-0.25, -0.2) is 0 Å². The summed E-state index contributed by atoms with van der Waals surface area (Å²) in [6, 6.07) is 1.63. The van der Waals surface area contributed by atoms with E-state index in [-0.39, 0.29) is 0 Å². The van der Waals surface area contributed by atoms with Crippen molar-refractivity contribution < 1.29 is 0 Å². The maximum Gasteiger partial charge on any atom is 0.0103 e. The van der Waals surface area contributed by atoms with Crippen molar-refractivity contribution >= 4 is 0 Å². The van der Waals surface area contributed by atoms with Gasteiger partial charge in [-0.2, -0.15) is 0 Å². The zero-order valence-electron chi connectivity index (χ0n) is 14.7. The zero-order chi connectivity index (χ0) is 14.9. The minimum Gasteiger partial charge on any atom is -0.311 e. The molecule has 0 aliphatic heterocycles. The first-order chi connectivity index (χ1) is 10.1. The van der Waals surface area contributed by atoms with Gasteiger partial charge in [0.15, 0.2) is 0 Å². The van der Waals surface area contributed by atoms with Gasteiger partial charge in [-0.05, 0) is 74.5 Å². The van der Waals surface area contributed by atoms with Gasteiger partial charge in [0.1, 0.15) is 0 Å². The SMILES string of the molecule is CC1CCC(C(C)C)C(NC2CCC3(CCCC3)CC2)C1. The molecule has 0 aromatic carbocycles. The molecular weight excluding hydrogens is 254 g/mol. The van der Waals surface area contributed by atoms with Crippen LogP contribution in [0.25, 0.3) is 0 Å². The molecule has 0 radical (unpaired) electrons. The topological polar surface area (TPSA) is 12.0 Å². The molecule has 3 aliphatic carbocycles. The van der Waals surface area contributed by atoms with Gasteiger partial charge in [0, 0.05) is 12.1 Å². The van der Waals surface area contributed by atoms with Crippen molar-refractivity contribution in [1.82, 2.24) is 5.32 Å². The number of hydrogen-bond donors (Lipinski definition) is 1. The molecule has 0 bridgehead atoms. The third-order valence-electron chi connectivity index (χ3n) is 7.18. The molecule has 3 atom stereocenters. The van der Waals surface area contributed by atoms with Gasteiger partial charge in [-0.15, -0.1) is 0 Å². The second kappa shape index (κ2) is 6.60. The Morgan fingerprint density at radius 3 is 2.19 bits per heavy atom. The highest BCUT2D eigenvalue weighted by molar-refractivity contribution is 4.94. The molecule has 3 saturated carbocycles. The van der Waals surface area contributed by atoms with Gasteiger partial charge in [-0.1, -0.05) is 40.0 Å². The van der Waals surface area contributed by atoms with Crippen LogP contribution in [-0.2, 0) is 0 Å².